The Morgan fingerprint density at radius 2 is 1.44 bits per heavy atom. The first-order chi connectivity index (χ1) is 12.9. The van der Waals surface area contributed by atoms with E-state index in [0.29, 0.717) is 34.1 Å². The molecule has 6 nitrogen and oxygen atoms in total. The fourth-order valence-corrected chi connectivity index (χ4v) is 3.78. The van der Waals surface area contributed by atoms with Gasteiger partial charge in [0.15, 0.2) is 5.89 Å². The van der Waals surface area contributed by atoms with E-state index in [1.165, 1.54) is 0 Å². The third-order valence-electron chi connectivity index (χ3n) is 4.14. The van der Waals surface area contributed by atoms with Gasteiger partial charge in [0.05, 0.1) is 21.8 Å². The second-order valence-corrected chi connectivity index (χ2v) is 8.65. The van der Waals surface area contributed by atoms with Gasteiger partial charge in [-0.25, -0.2) is 19.6 Å². The molecule has 2 aromatic carbocycles. The van der Waals surface area contributed by atoms with Crippen molar-refractivity contribution in [2.24, 2.45) is 0 Å². The van der Waals surface area contributed by atoms with Crippen LogP contribution in [0, 0.1) is 7.14 Å². The van der Waals surface area contributed by atoms with Crippen molar-refractivity contribution >= 4 is 67.0 Å². The highest BCUT2D eigenvalue weighted by Crippen LogP contribution is 2.21. The first kappa shape index (κ1) is 18.5. The maximum absolute atomic E-state index is 12.3. The van der Waals surface area contributed by atoms with Gasteiger partial charge in [-0.3, -0.25) is 0 Å². The summed E-state index contributed by atoms with van der Waals surface area (Å²) < 4.78 is 12.6. The molecule has 0 saturated carbocycles. The van der Waals surface area contributed by atoms with Gasteiger partial charge in [-0.1, -0.05) is 6.92 Å². The van der Waals surface area contributed by atoms with Crippen molar-refractivity contribution in [2.45, 2.75) is 19.3 Å². The molecule has 2 aromatic heterocycles. The van der Waals surface area contributed by atoms with E-state index in [0.717, 1.165) is 7.14 Å². The van der Waals surface area contributed by atoms with Crippen molar-refractivity contribution in [3.63, 3.8) is 0 Å². The third kappa shape index (κ3) is 3.77. The van der Waals surface area contributed by atoms with Crippen LogP contribution in [0.5, 0.6) is 0 Å². The highest BCUT2D eigenvalue weighted by atomic mass is 127. The van der Waals surface area contributed by atoms with Gasteiger partial charge in [0, 0.05) is 19.5 Å². The largest absolute Gasteiger partial charge is 0.408 e. The summed E-state index contributed by atoms with van der Waals surface area (Å²) in [6.45, 7) is 1.85. The zero-order chi connectivity index (χ0) is 19.1. The zero-order valence-corrected chi connectivity index (χ0v) is 18.3. The monoisotopic (exact) mass is 586 g/mol. The summed E-state index contributed by atoms with van der Waals surface area (Å²) in [5, 5.41) is 0.895. The van der Waals surface area contributed by atoms with Crippen LogP contribution in [0.1, 0.15) is 24.6 Å². The number of rotatable bonds is 3. The summed E-state index contributed by atoms with van der Waals surface area (Å²) in [5.41, 5.74) is 0.304. The van der Waals surface area contributed by atoms with Crippen molar-refractivity contribution in [3.05, 3.63) is 76.2 Å². The smallest absolute Gasteiger partial charge is 0.346 e. The van der Waals surface area contributed by atoms with E-state index in [2.05, 4.69) is 55.1 Å². The molecule has 0 aliphatic heterocycles. The molecule has 4 aromatic rings. The van der Waals surface area contributed by atoms with Crippen molar-refractivity contribution < 1.29 is 8.83 Å². The number of fused-ring (bicyclic) bond motifs is 2. The predicted molar refractivity (Wildman–Crippen MR) is 118 cm³/mol. The lowest BCUT2D eigenvalue weighted by molar-refractivity contribution is 0.380. The van der Waals surface area contributed by atoms with Gasteiger partial charge >= 0.3 is 11.3 Å². The molecule has 27 heavy (non-hydrogen) atoms. The van der Waals surface area contributed by atoms with E-state index >= 15 is 0 Å². The van der Waals surface area contributed by atoms with E-state index in [-0.39, 0.29) is 11.8 Å². The lowest BCUT2D eigenvalue weighted by Gasteiger charge is -2.09. The van der Waals surface area contributed by atoms with Crippen LogP contribution in [-0.4, -0.2) is 9.97 Å². The minimum atomic E-state index is -0.428. The quantitative estimate of drug-likeness (QED) is 0.334. The molecule has 0 fully saturated rings. The molecule has 136 valence electrons. The number of benzene rings is 2. The molecule has 0 spiro atoms. The van der Waals surface area contributed by atoms with Crippen LogP contribution in [0.2, 0.25) is 0 Å². The second kappa shape index (κ2) is 7.30. The molecule has 0 radical (unpaired) electrons. The number of hydrogen-bond donors (Lipinski definition) is 0. The Morgan fingerprint density at radius 3 is 2.07 bits per heavy atom. The van der Waals surface area contributed by atoms with Crippen molar-refractivity contribution in [2.75, 3.05) is 0 Å². The summed E-state index contributed by atoms with van der Waals surface area (Å²) in [4.78, 5) is 33.4. The molecule has 0 bridgehead atoms. The molecular weight excluding hydrogens is 574 g/mol. The van der Waals surface area contributed by atoms with Crippen LogP contribution in [-0.2, 0) is 6.42 Å². The average Bonchev–Trinajstić information content (AvgIpc) is 2.63. The summed E-state index contributed by atoms with van der Waals surface area (Å²) in [6, 6.07) is 10.8. The van der Waals surface area contributed by atoms with Crippen molar-refractivity contribution in [1.82, 2.24) is 9.97 Å². The van der Waals surface area contributed by atoms with Gasteiger partial charge in [-0.15, -0.1) is 0 Å². The highest BCUT2D eigenvalue weighted by molar-refractivity contribution is 14.1. The molecule has 1 unspecified atom stereocenters. The van der Waals surface area contributed by atoms with Crippen LogP contribution in [0.4, 0.5) is 0 Å². The minimum Gasteiger partial charge on any atom is -0.408 e. The van der Waals surface area contributed by atoms with E-state index in [1.54, 1.807) is 24.3 Å². The van der Waals surface area contributed by atoms with E-state index in [9.17, 15) is 9.59 Å². The predicted octanol–water partition coefficient (Wildman–Crippen LogP) is 4.24. The van der Waals surface area contributed by atoms with Crippen molar-refractivity contribution in [1.29, 1.82) is 0 Å². The Bertz CT molecular complexity index is 1300. The molecule has 4 rings (SSSR count). The van der Waals surface area contributed by atoms with Gasteiger partial charge in [0.25, 0.3) is 0 Å². The topological polar surface area (TPSA) is 86.2 Å². The standard InChI is InChI=1S/C19H12I2N2O4/c1-9(17-23-15-5-3-11(21)8-13(15)19(25)27-17)6-16-22-14-4-2-10(20)7-12(14)18(24)26-16/h2-5,7-9H,6H2,1H3. The van der Waals surface area contributed by atoms with Gasteiger partial charge in [0.2, 0.25) is 5.89 Å². The van der Waals surface area contributed by atoms with Crippen LogP contribution in [0.3, 0.4) is 0 Å². The van der Waals surface area contributed by atoms with Gasteiger partial charge in [-0.05, 0) is 81.6 Å². The maximum Gasteiger partial charge on any atom is 0.346 e. The lowest BCUT2D eigenvalue weighted by Crippen LogP contribution is -2.12. The zero-order valence-electron chi connectivity index (χ0n) is 14.0. The maximum atomic E-state index is 12.3. The molecule has 0 aliphatic rings. The molecule has 1 atom stereocenters. The number of hydrogen-bond acceptors (Lipinski definition) is 6. The van der Waals surface area contributed by atoms with Gasteiger partial charge < -0.3 is 8.83 Å². The number of aromatic nitrogens is 2. The Labute approximate surface area is 180 Å². The van der Waals surface area contributed by atoms with E-state index < -0.39 is 11.3 Å². The fraction of sp³-hybridized carbons (Fsp3) is 0.158. The second-order valence-electron chi connectivity index (χ2n) is 6.16. The lowest BCUT2D eigenvalue weighted by atomic mass is 10.1. The Morgan fingerprint density at radius 1 is 0.889 bits per heavy atom. The molecule has 2 heterocycles. The summed E-state index contributed by atoms with van der Waals surface area (Å²) in [7, 11) is 0. The first-order valence-corrected chi connectivity index (χ1v) is 10.3. The van der Waals surface area contributed by atoms with E-state index in [4.69, 9.17) is 8.83 Å². The van der Waals surface area contributed by atoms with Gasteiger partial charge in [0.1, 0.15) is 0 Å². The molecule has 8 heteroatoms. The molecule has 0 aliphatic carbocycles. The summed E-state index contributed by atoms with van der Waals surface area (Å²) in [5.74, 6) is 0.299. The Balaban J connectivity index is 1.71. The van der Waals surface area contributed by atoms with Crippen molar-refractivity contribution in [3.8, 4) is 0 Å². The SMILES string of the molecule is CC(Cc1nc2ccc(I)cc2c(=O)o1)c1nc2ccc(I)cc2c(=O)o1. The normalized spacial score (nSPS) is 12.6. The van der Waals surface area contributed by atoms with Crippen LogP contribution in [0.15, 0.2) is 54.8 Å². The average molecular weight is 586 g/mol. The van der Waals surface area contributed by atoms with Gasteiger partial charge in [-0.2, -0.15) is 0 Å². The molecular formula is C19H12I2N2O4. The van der Waals surface area contributed by atoms with E-state index in [1.807, 2.05) is 19.1 Å². The minimum absolute atomic E-state index is 0.279. The van der Waals surface area contributed by atoms with Crippen LogP contribution < -0.4 is 11.3 Å². The molecule has 0 saturated heterocycles. The van der Waals surface area contributed by atoms with Crippen LogP contribution >= 0.6 is 45.2 Å². The third-order valence-corrected chi connectivity index (χ3v) is 5.48. The molecule has 0 amide bonds. The summed E-state index contributed by atoms with van der Waals surface area (Å²) >= 11 is 4.27. The highest BCUT2D eigenvalue weighted by Gasteiger charge is 2.17. The number of halogens is 2. The fourth-order valence-electron chi connectivity index (χ4n) is 2.80. The Hall–Kier alpha value is -1.82. The molecule has 0 N–H and O–H groups in total. The van der Waals surface area contributed by atoms with Crippen LogP contribution in [0.25, 0.3) is 21.8 Å². The Kier molecular flexibility index (Phi) is 5.01. The summed E-state index contributed by atoms with van der Waals surface area (Å²) in [6.07, 6.45) is 0.295. The first-order valence-electron chi connectivity index (χ1n) is 8.10. The number of nitrogens with zero attached hydrogens (tertiary/aromatic N) is 2.